The van der Waals surface area contributed by atoms with Crippen molar-refractivity contribution in [3.8, 4) is 0 Å². The number of alkyl halides is 15. The Morgan fingerprint density at radius 3 is 1.41 bits per heavy atom. The van der Waals surface area contributed by atoms with Crippen molar-refractivity contribution in [3.63, 3.8) is 0 Å². The van der Waals surface area contributed by atoms with Gasteiger partial charge >= 0.3 is 36.5 Å². The van der Waals surface area contributed by atoms with E-state index in [1.54, 1.807) is 0 Å². The molecule has 0 rings (SSSR count). The summed E-state index contributed by atoms with van der Waals surface area (Å²) in [5.41, 5.74) is 0. The van der Waals surface area contributed by atoms with E-state index >= 15 is 0 Å². The quantitative estimate of drug-likeness (QED) is 0.470. The normalized spacial score (nSPS) is 19.6. The van der Waals surface area contributed by atoms with Crippen molar-refractivity contribution in [3.05, 3.63) is 0 Å². The van der Waals surface area contributed by atoms with Gasteiger partial charge in [-0.15, -0.1) is 0 Å². The number of aliphatic hydroxyl groups is 1. The summed E-state index contributed by atoms with van der Waals surface area (Å²) in [6, 6.07) is 0. The summed E-state index contributed by atoms with van der Waals surface area (Å²) in [6.07, 6.45) is -36.8. The average Bonchev–Trinajstić information content (AvgIpc) is 2.39. The second kappa shape index (κ2) is 7.34. The molecule has 0 spiro atoms. The predicted molar refractivity (Wildman–Crippen MR) is 49.8 cm³/mol. The van der Waals surface area contributed by atoms with E-state index in [0.717, 1.165) is 0 Å². The lowest BCUT2D eigenvalue weighted by Gasteiger charge is -2.37. The number of hydrogen-bond donors (Lipinski definition) is 1. The fourth-order valence-corrected chi connectivity index (χ4v) is 1.06. The molecule has 0 aliphatic rings. The lowest BCUT2D eigenvalue weighted by Crippen LogP contribution is -2.62. The van der Waals surface area contributed by atoms with Gasteiger partial charge in [-0.2, -0.15) is 57.1 Å². The molecule has 18 heteroatoms. The Balaban J connectivity index is 5.88. The standard InChI is InChI=1S/C9H5F15O3/c10-2(4(12,13)14)1-26-6(25,3(11)5(15,16)17)27-9(23,24)7(18,19)8(20,21)22/h2-3,25H,1H2. The van der Waals surface area contributed by atoms with Crippen LogP contribution < -0.4 is 0 Å². The van der Waals surface area contributed by atoms with Gasteiger partial charge in [-0.25, -0.2) is 8.78 Å². The molecule has 0 aromatic heterocycles. The first-order valence-corrected chi connectivity index (χ1v) is 5.79. The number of hydrogen-bond acceptors (Lipinski definition) is 3. The Morgan fingerprint density at radius 1 is 0.704 bits per heavy atom. The Labute approximate surface area is 137 Å². The van der Waals surface area contributed by atoms with Crippen LogP contribution in [0.25, 0.3) is 0 Å². The first-order chi connectivity index (χ1) is 11.5. The monoisotopic (exact) mass is 446 g/mol. The van der Waals surface area contributed by atoms with Crippen molar-refractivity contribution in [1.29, 1.82) is 0 Å². The van der Waals surface area contributed by atoms with Gasteiger partial charge in [0, 0.05) is 0 Å². The fourth-order valence-electron chi connectivity index (χ4n) is 1.06. The Morgan fingerprint density at radius 2 is 1.11 bits per heavy atom. The van der Waals surface area contributed by atoms with E-state index in [2.05, 4.69) is 9.47 Å². The molecule has 0 amide bonds. The van der Waals surface area contributed by atoms with Gasteiger partial charge in [0.05, 0.1) is 6.61 Å². The zero-order chi connectivity index (χ0) is 22.3. The van der Waals surface area contributed by atoms with Gasteiger partial charge in [0.25, 0.3) is 6.17 Å². The minimum absolute atomic E-state index is 2.07. The molecule has 3 nitrogen and oxygen atoms in total. The van der Waals surface area contributed by atoms with Crippen LogP contribution in [-0.2, 0) is 9.47 Å². The molecule has 27 heavy (non-hydrogen) atoms. The lowest BCUT2D eigenvalue weighted by atomic mass is 10.2. The summed E-state index contributed by atoms with van der Waals surface area (Å²) in [7, 11) is 0. The smallest absolute Gasteiger partial charge is 0.341 e. The van der Waals surface area contributed by atoms with Crippen LogP contribution in [0.4, 0.5) is 65.9 Å². The van der Waals surface area contributed by atoms with Crippen molar-refractivity contribution in [2.45, 2.75) is 48.9 Å². The molecule has 0 saturated carbocycles. The van der Waals surface area contributed by atoms with Gasteiger partial charge in [-0.3, -0.25) is 4.74 Å². The summed E-state index contributed by atoms with van der Waals surface area (Å²) in [4.78, 5) is 0. The Hall–Kier alpha value is -1.17. The molecule has 0 heterocycles. The average molecular weight is 446 g/mol. The first-order valence-electron chi connectivity index (χ1n) is 5.79. The zero-order valence-corrected chi connectivity index (χ0v) is 11.8. The van der Waals surface area contributed by atoms with Crippen molar-refractivity contribution in [2.75, 3.05) is 6.61 Å². The van der Waals surface area contributed by atoms with Gasteiger partial charge < -0.3 is 9.84 Å². The van der Waals surface area contributed by atoms with Crippen LogP contribution >= 0.6 is 0 Å². The molecule has 3 unspecified atom stereocenters. The maximum atomic E-state index is 13.0. The maximum Gasteiger partial charge on any atom is 0.462 e. The summed E-state index contributed by atoms with van der Waals surface area (Å²) in [6.45, 7) is -2.94. The molecule has 0 saturated heterocycles. The molecular formula is C9H5F15O3. The highest BCUT2D eigenvalue weighted by Gasteiger charge is 2.77. The maximum absolute atomic E-state index is 13.0. The predicted octanol–water partition coefficient (Wildman–Crippen LogP) is 4.26. The van der Waals surface area contributed by atoms with Crippen LogP contribution in [0, 0.1) is 0 Å². The minimum Gasteiger partial charge on any atom is -0.341 e. The van der Waals surface area contributed by atoms with Crippen molar-refractivity contribution >= 4 is 0 Å². The van der Waals surface area contributed by atoms with Gasteiger partial charge in [0.15, 0.2) is 0 Å². The number of rotatable bonds is 7. The number of ether oxygens (including phenoxy) is 2. The molecule has 0 radical (unpaired) electrons. The van der Waals surface area contributed by atoms with Gasteiger partial charge in [-0.1, -0.05) is 0 Å². The molecular weight excluding hydrogens is 441 g/mol. The van der Waals surface area contributed by atoms with Crippen LogP contribution in [0.1, 0.15) is 0 Å². The SMILES string of the molecule is OC(OCC(F)C(F)(F)F)(OC(F)(F)C(F)(F)C(F)(F)F)C(F)C(F)(F)F. The van der Waals surface area contributed by atoms with Gasteiger partial charge in [0.1, 0.15) is 0 Å². The first kappa shape index (κ1) is 25.8. The summed E-state index contributed by atoms with van der Waals surface area (Å²) in [5.74, 6) is -13.3. The molecule has 0 aromatic carbocycles. The second-order valence-electron chi connectivity index (χ2n) is 4.55. The number of halogens is 15. The molecule has 3 atom stereocenters. The van der Waals surface area contributed by atoms with E-state index in [4.69, 9.17) is 5.11 Å². The Kier molecular flexibility index (Phi) is 7.02. The second-order valence-corrected chi connectivity index (χ2v) is 4.55. The molecule has 0 aliphatic carbocycles. The highest BCUT2D eigenvalue weighted by Crippen LogP contribution is 2.49. The highest BCUT2D eigenvalue weighted by atomic mass is 19.4. The molecule has 1 N–H and O–H groups in total. The molecule has 0 aromatic rings. The van der Waals surface area contributed by atoms with Crippen molar-refractivity contribution in [2.24, 2.45) is 0 Å². The van der Waals surface area contributed by atoms with Crippen LogP contribution in [0.2, 0.25) is 0 Å². The van der Waals surface area contributed by atoms with Crippen LogP contribution in [0.5, 0.6) is 0 Å². The van der Waals surface area contributed by atoms with E-state index in [9.17, 15) is 65.9 Å². The lowest BCUT2D eigenvalue weighted by molar-refractivity contribution is -0.524. The van der Waals surface area contributed by atoms with E-state index in [0.29, 0.717) is 0 Å². The summed E-state index contributed by atoms with van der Waals surface area (Å²) in [5, 5.41) is 8.84. The van der Waals surface area contributed by atoms with E-state index < -0.39 is 55.5 Å². The van der Waals surface area contributed by atoms with Crippen LogP contribution in [0.15, 0.2) is 0 Å². The molecule has 0 fully saturated rings. The molecule has 0 bridgehead atoms. The Bertz CT molecular complexity index is 494. The largest absolute Gasteiger partial charge is 0.462 e. The van der Waals surface area contributed by atoms with E-state index in [1.807, 2.05) is 0 Å². The fraction of sp³-hybridized carbons (Fsp3) is 1.00. The third kappa shape index (κ3) is 5.90. The van der Waals surface area contributed by atoms with Crippen LogP contribution in [-0.4, -0.2) is 60.6 Å². The zero-order valence-electron chi connectivity index (χ0n) is 11.8. The third-order valence-electron chi connectivity index (χ3n) is 2.40. The van der Waals surface area contributed by atoms with E-state index in [1.165, 1.54) is 0 Å². The minimum atomic E-state index is -7.37. The van der Waals surface area contributed by atoms with Gasteiger partial charge in [0.2, 0.25) is 6.17 Å². The van der Waals surface area contributed by atoms with Crippen LogP contribution in [0.3, 0.4) is 0 Å². The summed E-state index contributed by atoms with van der Waals surface area (Å²) >= 11 is 0. The highest BCUT2D eigenvalue weighted by molar-refractivity contribution is 4.88. The molecule has 164 valence electrons. The van der Waals surface area contributed by atoms with Gasteiger partial charge in [-0.05, 0) is 0 Å². The topological polar surface area (TPSA) is 38.7 Å². The van der Waals surface area contributed by atoms with Crippen molar-refractivity contribution in [1.82, 2.24) is 0 Å². The molecule has 0 aliphatic heterocycles. The third-order valence-corrected chi connectivity index (χ3v) is 2.40. The summed E-state index contributed by atoms with van der Waals surface area (Å²) < 4.78 is 189. The van der Waals surface area contributed by atoms with Crippen molar-refractivity contribution < 1.29 is 80.4 Å². The van der Waals surface area contributed by atoms with E-state index in [-0.39, 0.29) is 0 Å².